The molecule has 8 heteroatoms. The van der Waals surface area contributed by atoms with Crippen molar-refractivity contribution in [2.75, 3.05) is 49.6 Å². The lowest BCUT2D eigenvalue weighted by Gasteiger charge is -2.45. The molecule has 1 aromatic heterocycles. The monoisotopic (exact) mass is 479 g/mol. The summed E-state index contributed by atoms with van der Waals surface area (Å²) in [6.07, 6.45) is 0.837. The van der Waals surface area contributed by atoms with Gasteiger partial charge in [0.1, 0.15) is 5.82 Å². The van der Waals surface area contributed by atoms with Gasteiger partial charge in [-0.05, 0) is 49.2 Å². The number of benzene rings is 1. The molecule has 0 bridgehead atoms. The van der Waals surface area contributed by atoms with Crippen molar-refractivity contribution >= 4 is 23.3 Å². The first-order valence-corrected chi connectivity index (χ1v) is 12.6. The van der Waals surface area contributed by atoms with Crippen LogP contribution in [0.4, 0.5) is 11.5 Å². The van der Waals surface area contributed by atoms with E-state index in [0.29, 0.717) is 12.1 Å². The Labute approximate surface area is 208 Å². The average Bonchev–Trinajstić information content (AvgIpc) is 2.85. The molecule has 35 heavy (non-hydrogen) atoms. The van der Waals surface area contributed by atoms with Crippen LogP contribution >= 0.6 is 0 Å². The topological polar surface area (TPSA) is 86.8 Å². The van der Waals surface area contributed by atoms with E-state index in [-0.39, 0.29) is 29.8 Å². The van der Waals surface area contributed by atoms with E-state index in [2.05, 4.69) is 34.4 Å². The molecular weight excluding hydrogens is 442 g/mol. The number of hydrogen-bond acceptors (Lipinski definition) is 6. The van der Waals surface area contributed by atoms with Gasteiger partial charge >= 0.3 is 0 Å². The Morgan fingerprint density at radius 3 is 2.63 bits per heavy atom. The normalized spacial score (nSPS) is 22.4. The van der Waals surface area contributed by atoms with Crippen LogP contribution in [-0.4, -0.2) is 67.1 Å². The molecule has 2 amide bonds. The third-order valence-corrected chi connectivity index (χ3v) is 7.12. The number of aromatic nitrogens is 1. The van der Waals surface area contributed by atoms with Gasteiger partial charge in [-0.15, -0.1) is 0 Å². The van der Waals surface area contributed by atoms with Crippen molar-refractivity contribution in [1.29, 1.82) is 0 Å². The van der Waals surface area contributed by atoms with Gasteiger partial charge < -0.3 is 20.3 Å². The number of fused-ring (bicyclic) bond motifs is 1. The van der Waals surface area contributed by atoms with Crippen molar-refractivity contribution in [2.24, 2.45) is 5.92 Å². The first-order valence-electron chi connectivity index (χ1n) is 12.6. The van der Waals surface area contributed by atoms with E-state index in [1.807, 2.05) is 48.2 Å². The summed E-state index contributed by atoms with van der Waals surface area (Å²) >= 11 is 0. The van der Waals surface area contributed by atoms with Crippen LogP contribution in [0.3, 0.4) is 0 Å². The van der Waals surface area contributed by atoms with Gasteiger partial charge in [0.05, 0.1) is 19.3 Å². The van der Waals surface area contributed by atoms with Gasteiger partial charge in [-0.1, -0.05) is 19.9 Å². The van der Waals surface area contributed by atoms with Crippen LogP contribution in [0.2, 0.25) is 0 Å². The standard InChI is InChI=1S/C27H37N5O3/c1-5-23-19(3)26(30-25-8-6-7-18(2)29-25)22-17-21(9-10-24(22)32(23)20(4)33)27(34)28-11-12-31-13-15-35-16-14-31/h6-10,17,19,23,26H,5,11-16H2,1-4H3,(H,28,34)(H,29,30)/t19-,23-,26?/m0/s1. The van der Waals surface area contributed by atoms with E-state index in [1.54, 1.807) is 6.92 Å². The predicted octanol–water partition coefficient (Wildman–Crippen LogP) is 3.39. The van der Waals surface area contributed by atoms with Crippen molar-refractivity contribution in [3.8, 4) is 0 Å². The highest BCUT2D eigenvalue weighted by Gasteiger charge is 2.40. The predicted molar refractivity (Wildman–Crippen MR) is 138 cm³/mol. The Kier molecular flexibility index (Phi) is 8.03. The molecule has 1 aromatic carbocycles. The number of ether oxygens (including phenoxy) is 1. The van der Waals surface area contributed by atoms with E-state index in [4.69, 9.17) is 4.74 Å². The molecule has 2 aliphatic heterocycles. The Hall–Kier alpha value is -2.97. The minimum absolute atomic E-state index is 0.0137. The molecule has 3 atom stereocenters. The highest BCUT2D eigenvalue weighted by molar-refractivity contribution is 5.98. The molecule has 2 aliphatic rings. The van der Waals surface area contributed by atoms with Crippen LogP contribution < -0.4 is 15.5 Å². The molecular formula is C27H37N5O3. The SMILES string of the molecule is CC[C@H]1[C@H](C)C(Nc2cccc(C)n2)c2cc(C(=O)NCCN3CCOCC3)ccc2N1C(C)=O. The zero-order chi connectivity index (χ0) is 24.9. The van der Waals surface area contributed by atoms with Crippen LogP contribution in [0.1, 0.15) is 54.8 Å². The summed E-state index contributed by atoms with van der Waals surface area (Å²) in [5.41, 5.74) is 3.34. The van der Waals surface area contributed by atoms with Gasteiger partial charge in [-0.2, -0.15) is 0 Å². The van der Waals surface area contributed by atoms with E-state index in [0.717, 1.165) is 62.0 Å². The van der Waals surface area contributed by atoms with Crippen LogP contribution in [0.15, 0.2) is 36.4 Å². The Morgan fingerprint density at radius 1 is 1.17 bits per heavy atom. The first-order chi connectivity index (χ1) is 16.9. The third kappa shape index (κ3) is 5.65. The van der Waals surface area contributed by atoms with Gasteiger partial charge in [0.15, 0.2) is 0 Å². The second-order valence-electron chi connectivity index (χ2n) is 9.49. The lowest BCUT2D eigenvalue weighted by molar-refractivity contribution is -0.117. The molecule has 8 nitrogen and oxygen atoms in total. The van der Waals surface area contributed by atoms with Crippen LogP contribution in [-0.2, 0) is 9.53 Å². The molecule has 2 N–H and O–H groups in total. The lowest BCUT2D eigenvalue weighted by Crippen LogP contribution is -2.49. The van der Waals surface area contributed by atoms with Crippen LogP contribution in [0.25, 0.3) is 0 Å². The van der Waals surface area contributed by atoms with Crippen molar-refractivity contribution in [3.63, 3.8) is 0 Å². The third-order valence-electron chi connectivity index (χ3n) is 7.12. The van der Waals surface area contributed by atoms with Crippen molar-refractivity contribution < 1.29 is 14.3 Å². The Morgan fingerprint density at radius 2 is 1.94 bits per heavy atom. The smallest absolute Gasteiger partial charge is 0.251 e. The molecule has 0 aliphatic carbocycles. The Balaban J connectivity index is 1.60. The van der Waals surface area contributed by atoms with Crippen molar-refractivity contribution in [1.82, 2.24) is 15.2 Å². The Bertz CT molecular complexity index is 1050. The maximum atomic E-state index is 13.0. The fourth-order valence-electron chi connectivity index (χ4n) is 5.29. The number of rotatable bonds is 7. The number of anilines is 2. The van der Waals surface area contributed by atoms with E-state index < -0.39 is 0 Å². The summed E-state index contributed by atoms with van der Waals surface area (Å²) in [5, 5.41) is 6.66. The van der Waals surface area contributed by atoms with E-state index >= 15 is 0 Å². The van der Waals surface area contributed by atoms with Crippen LogP contribution in [0, 0.1) is 12.8 Å². The molecule has 1 unspecified atom stereocenters. The zero-order valence-electron chi connectivity index (χ0n) is 21.2. The fraction of sp³-hybridized carbons (Fsp3) is 0.519. The summed E-state index contributed by atoms with van der Waals surface area (Å²) in [6, 6.07) is 11.6. The number of hydrogen-bond donors (Lipinski definition) is 2. The van der Waals surface area contributed by atoms with Crippen molar-refractivity contribution in [3.05, 3.63) is 53.2 Å². The molecule has 3 heterocycles. The highest BCUT2D eigenvalue weighted by Crippen LogP contribution is 2.43. The molecule has 0 spiro atoms. The molecule has 1 saturated heterocycles. The molecule has 0 radical (unpaired) electrons. The fourth-order valence-corrected chi connectivity index (χ4v) is 5.29. The number of carbonyl (C=O) groups is 2. The number of aryl methyl sites for hydroxylation is 1. The number of nitrogens with zero attached hydrogens (tertiary/aromatic N) is 3. The molecule has 188 valence electrons. The highest BCUT2D eigenvalue weighted by atomic mass is 16.5. The average molecular weight is 480 g/mol. The quantitative estimate of drug-likeness (QED) is 0.633. The molecule has 4 rings (SSSR count). The zero-order valence-corrected chi connectivity index (χ0v) is 21.2. The summed E-state index contributed by atoms with van der Waals surface area (Å²) in [5.74, 6) is 0.825. The van der Waals surface area contributed by atoms with Gasteiger partial charge in [0, 0.05) is 62.0 Å². The number of carbonyl (C=O) groups excluding carboxylic acids is 2. The van der Waals surface area contributed by atoms with Gasteiger partial charge in [0.25, 0.3) is 5.91 Å². The minimum atomic E-state index is -0.104. The number of amides is 2. The largest absolute Gasteiger partial charge is 0.379 e. The first kappa shape index (κ1) is 25.1. The van der Waals surface area contributed by atoms with Gasteiger partial charge in [0.2, 0.25) is 5.91 Å². The molecule has 2 aromatic rings. The van der Waals surface area contributed by atoms with E-state index in [1.165, 1.54) is 0 Å². The summed E-state index contributed by atoms with van der Waals surface area (Å²) in [7, 11) is 0. The summed E-state index contributed by atoms with van der Waals surface area (Å²) in [6.45, 7) is 12.5. The molecule has 0 saturated carbocycles. The summed E-state index contributed by atoms with van der Waals surface area (Å²) in [4.78, 5) is 34.6. The summed E-state index contributed by atoms with van der Waals surface area (Å²) < 4.78 is 5.39. The lowest BCUT2D eigenvalue weighted by atomic mass is 9.80. The van der Waals surface area contributed by atoms with Gasteiger partial charge in [-0.25, -0.2) is 4.98 Å². The maximum Gasteiger partial charge on any atom is 0.251 e. The van der Waals surface area contributed by atoms with Crippen molar-refractivity contribution in [2.45, 2.75) is 46.2 Å². The second kappa shape index (κ2) is 11.2. The number of morpholine rings is 1. The molecule has 1 fully saturated rings. The number of nitrogens with one attached hydrogen (secondary N) is 2. The number of pyridine rings is 1. The maximum absolute atomic E-state index is 13.0. The van der Waals surface area contributed by atoms with Crippen LogP contribution in [0.5, 0.6) is 0 Å². The van der Waals surface area contributed by atoms with Gasteiger partial charge in [-0.3, -0.25) is 14.5 Å². The van der Waals surface area contributed by atoms with E-state index in [9.17, 15) is 9.59 Å². The second-order valence-corrected chi connectivity index (χ2v) is 9.49. The minimum Gasteiger partial charge on any atom is -0.379 e.